The predicted octanol–water partition coefficient (Wildman–Crippen LogP) is 3.86. The molecule has 0 heterocycles. The summed E-state index contributed by atoms with van der Waals surface area (Å²) in [6.45, 7) is 4.68. The molecule has 0 aliphatic carbocycles. The molecule has 2 N–H and O–H groups in total. The van der Waals surface area contributed by atoms with Crippen LogP contribution in [0.5, 0.6) is 0 Å². The van der Waals surface area contributed by atoms with Crippen molar-refractivity contribution in [3.05, 3.63) is 65.2 Å². The maximum absolute atomic E-state index is 5.91. The van der Waals surface area contributed by atoms with Gasteiger partial charge in [-0.05, 0) is 36.6 Å². The zero-order chi connectivity index (χ0) is 13.0. The normalized spacial score (nSPS) is 12.3. The number of rotatable bonds is 4. The Balaban J connectivity index is 1.99. The number of anilines is 1. The number of nitrogens with two attached hydrogens (primary N) is 1. The van der Waals surface area contributed by atoms with E-state index in [1.807, 2.05) is 44.2 Å². The molecule has 2 heteroatoms. The number of hydrogen-bond donors (Lipinski definition) is 1. The van der Waals surface area contributed by atoms with Crippen LogP contribution in [0.1, 0.15) is 29.7 Å². The lowest BCUT2D eigenvalue weighted by Gasteiger charge is -2.14. The van der Waals surface area contributed by atoms with E-state index in [1.165, 1.54) is 5.56 Å². The number of hydrogen-bond acceptors (Lipinski definition) is 2. The number of nitrogen functional groups attached to an aromatic ring is 1. The average molecular weight is 241 g/mol. The van der Waals surface area contributed by atoms with Gasteiger partial charge >= 0.3 is 0 Å². The molecule has 2 rings (SSSR count). The van der Waals surface area contributed by atoms with Crippen molar-refractivity contribution in [3.8, 4) is 0 Å². The second-order valence-electron chi connectivity index (χ2n) is 4.55. The molecule has 18 heavy (non-hydrogen) atoms. The van der Waals surface area contributed by atoms with Crippen LogP contribution in [0.2, 0.25) is 0 Å². The summed E-state index contributed by atoms with van der Waals surface area (Å²) >= 11 is 0. The van der Waals surface area contributed by atoms with Gasteiger partial charge in [0.25, 0.3) is 0 Å². The Morgan fingerprint density at radius 1 is 1.11 bits per heavy atom. The van der Waals surface area contributed by atoms with Gasteiger partial charge in [0.05, 0.1) is 12.7 Å². The summed E-state index contributed by atoms with van der Waals surface area (Å²) in [5.41, 5.74) is 10.1. The van der Waals surface area contributed by atoms with Crippen molar-refractivity contribution in [2.75, 3.05) is 5.73 Å². The van der Waals surface area contributed by atoms with Crippen LogP contribution in [0, 0.1) is 6.92 Å². The van der Waals surface area contributed by atoms with Gasteiger partial charge in [0.15, 0.2) is 0 Å². The maximum atomic E-state index is 5.91. The molecule has 2 aromatic rings. The number of ether oxygens (including phenoxy) is 1. The smallest absolute Gasteiger partial charge is 0.0802 e. The molecule has 2 aromatic carbocycles. The zero-order valence-corrected chi connectivity index (χ0v) is 10.9. The minimum absolute atomic E-state index is 0.0492. The quantitative estimate of drug-likeness (QED) is 0.825. The lowest BCUT2D eigenvalue weighted by molar-refractivity contribution is 0.0526. The van der Waals surface area contributed by atoms with Crippen molar-refractivity contribution in [2.24, 2.45) is 0 Å². The lowest BCUT2D eigenvalue weighted by Crippen LogP contribution is -2.02. The Bertz CT molecular complexity index is 508. The Kier molecular flexibility index (Phi) is 4.00. The highest BCUT2D eigenvalue weighted by atomic mass is 16.5. The Labute approximate surface area is 108 Å². The van der Waals surface area contributed by atoms with Gasteiger partial charge in [-0.15, -0.1) is 0 Å². The van der Waals surface area contributed by atoms with Gasteiger partial charge in [0.2, 0.25) is 0 Å². The van der Waals surface area contributed by atoms with E-state index < -0.39 is 0 Å². The molecule has 0 amide bonds. The summed E-state index contributed by atoms with van der Waals surface area (Å²) in [5.74, 6) is 0. The molecule has 0 unspecified atom stereocenters. The molecule has 0 saturated carbocycles. The van der Waals surface area contributed by atoms with E-state index in [2.05, 4.69) is 18.2 Å². The molecule has 0 radical (unpaired) electrons. The highest BCUT2D eigenvalue weighted by molar-refractivity contribution is 5.48. The van der Waals surface area contributed by atoms with Crippen LogP contribution in [0.4, 0.5) is 5.69 Å². The molecule has 0 aliphatic rings. The highest BCUT2D eigenvalue weighted by Gasteiger charge is 2.07. The van der Waals surface area contributed by atoms with Crippen molar-refractivity contribution in [2.45, 2.75) is 26.6 Å². The fourth-order valence-corrected chi connectivity index (χ4v) is 1.80. The van der Waals surface area contributed by atoms with Crippen LogP contribution >= 0.6 is 0 Å². The van der Waals surface area contributed by atoms with E-state index in [1.54, 1.807) is 0 Å². The largest absolute Gasteiger partial charge is 0.399 e. The van der Waals surface area contributed by atoms with Gasteiger partial charge in [-0.2, -0.15) is 0 Å². The first-order valence-corrected chi connectivity index (χ1v) is 6.18. The molecule has 0 spiro atoms. The molecule has 94 valence electrons. The van der Waals surface area contributed by atoms with Crippen LogP contribution in [0.25, 0.3) is 0 Å². The minimum atomic E-state index is 0.0492. The van der Waals surface area contributed by atoms with Gasteiger partial charge in [-0.1, -0.05) is 42.5 Å². The van der Waals surface area contributed by atoms with Gasteiger partial charge in [-0.25, -0.2) is 0 Å². The fourth-order valence-electron chi connectivity index (χ4n) is 1.80. The van der Waals surface area contributed by atoms with Crippen molar-refractivity contribution < 1.29 is 4.74 Å². The third-order valence-corrected chi connectivity index (χ3v) is 3.12. The van der Waals surface area contributed by atoms with Crippen molar-refractivity contribution in [3.63, 3.8) is 0 Å². The van der Waals surface area contributed by atoms with Crippen LogP contribution in [-0.2, 0) is 11.3 Å². The molecular formula is C16H19NO. The first kappa shape index (κ1) is 12.7. The van der Waals surface area contributed by atoms with Crippen LogP contribution in [0.15, 0.2) is 48.5 Å². The van der Waals surface area contributed by atoms with Crippen LogP contribution in [-0.4, -0.2) is 0 Å². The summed E-state index contributed by atoms with van der Waals surface area (Å²) in [5, 5.41) is 0. The number of benzene rings is 2. The van der Waals surface area contributed by atoms with Crippen LogP contribution < -0.4 is 5.73 Å². The van der Waals surface area contributed by atoms with Gasteiger partial charge in [0, 0.05) is 5.69 Å². The average Bonchev–Trinajstić information content (AvgIpc) is 2.40. The van der Waals surface area contributed by atoms with Gasteiger partial charge in [0.1, 0.15) is 0 Å². The first-order valence-electron chi connectivity index (χ1n) is 6.18. The second-order valence-corrected chi connectivity index (χ2v) is 4.55. The van der Waals surface area contributed by atoms with Gasteiger partial charge in [-0.3, -0.25) is 0 Å². The Hall–Kier alpha value is -1.80. The topological polar surface area (TPSA) is 35.2 Å². The van der Waals surface area contributed by atoms with Crippen molar-refractivity contribution in [1.82, 2.24) is 0 Å². The third-order valence-electron chi connectivity index (χ3n) is 3.12. The van der Waals surface area contributed by atoms with Crippen LogP contribution in [0.3, 0.4) is 0 Å². The third kappa shape index (κ3) is 3.11. The molecule has 0 bridgehead atoms. The minimum Gasteiger partial charge on any atom is -0.399 e. The molecule has 0 fully saturated rings. The maximum Gasteiger partial charge on any atom is 0.0802 e. The summed E-state index contributed by atoms with van der Waals surface area (Å²) < 4.78 is 5.85. The number of aryl methyl sites for hydroxylation is 1. The highest BCUT2D eigenvalue weighted by Crippen LogP contribution is 2.22. The first-order chi connectivity index (χ1) is 8.66. The van der Waals surface area contributed by atoms with E-state index in [4.69, 9.17) is 10.5 Å². The molecule has 0 aromatic heterocycles. The van der Waals surface area contributed by atoms with Gasteiger partial charge < -0.3 is 10.5 Å². The molecule has 1 atom stereocenters. The molecule has 0 aliphatic heterocycles. The summed E-state index contributed by atoms with van der Waals surface area (Å²) in [7, 11) is 0. The predicted molar refractivity (Wildman–Crippen MR) is 75.2 cm³/mol. The zero-order valence-electron chi connectivity index (χ0n) is 10.9. The summed E-state index contributed by atoms with van der Waals surface area (Å²) in [6, 6.07) is 16.3. The SMILES string of the molecule is Cc1ccc([C@H](C)OCc2ccccc2)cc1N. The van der Waals surface area contributed by atoms with E-state index in [9.17, 15) is 0 Å². The molecule has 2 nitrogen and oxygen atoms in total. The fraction of sp³-hybridized carbons (Fsp3) is 0.250. The molecule has 0 saturated heterocycles. The monoisotopic (exact) mass is 241 g/mol. The standard InChI is InChI=1S/C16H19NO/c1-12-8-9-15(10-16(12)17)13(2)18-11-14-6-4-3-5-7-14/h3-10,13H,11,17H2,1-2H3/t13-/m0/s1. The second kappa shape index (κ2) is 5.69. The molecular weight excluding hydrogens is 222 g/mol. The van der Waals surface area contributed by atoms with E-state index in [0.29, 0.717) is 6.61 Å². The van der Waals surface area contributed by atoms with E-state index >= 15 is 0 Å². The van der Waals surface area contributed by atoms with Crippen molar-refractivity contribution >= 4 is 5.69 Å². The summed E-state index contributed by atoms with van der Waals surface area (Å²) in [6.07, 6.45) is 0.0492. The summed E-state index contributed by atoms with van der Waals surface area (Å²) in [4.78, 5) is 0. The lowest BCUT2D eigenvalue weighted by atomic mass is 10.1. The van der Waals surface area contributed by atoms with E-state index in [-0.39, 0.29) is 6.10 Å². The van der Waals surface area contributed by atoms with E-state index in [0.717, 1.165) is 16.8 Å². The Morgan fingerprint density at radius 3 is 2.50 bits per heavy atom. The van der Waals surface area contributed by atoms with Crippen molar-refractivity contribution in [1.29, 1.82) is 0 Å². The Morgan fingerprint density at radius 2 is 1.83 bits per heavy atom.